The van der Waals surface area contributed by atoms with Crippen molar-refractivity contribution < 1.29 is 23.9 Å². The van der Waals surface area contributed by atoms with Crippen LogP contribution in [0.2, 0.25) is 0 Å². The van der Waals surface area contributed by atoms with Crippen LogP contribution in [-0.4, -0.2) is 74.8 Å². The van der Waals surface area contributed by atoms with Crippen molar-refractivity contribution in [3.05, 3.63) is 95.6 Å². The molecule has 5 N–H and O–H groups in total. The molecule has 1 aliphatic carbocycles. The lowest BCUT2D eigenvalue weighted by Crippen LogP contribution is -2.45. The van der Waals surface area contributed by atoms with Crippen molar-refractivity contribution >= 4 is 34.4 Å². The van der Waals surface area contributed by atoms with Gasteiger partial charge in [0.2, 0.25) is 11.3 Å². The zero-order valence-electron chi connectivity index (χ0n) is 25.7. The molecule has 11 heteroatoms. The third-order valence-electron chi connectivity index (χ3n) is 7.62. The van der Waals surface area contributed by atoms with E-state index in [1.165, 1.54) is 12.1 Å². The van der Waals surface area contributed by atoms with E-state index in [1.807, 2.05) is 103 Å². The van der Waals surface area contributed by atoms with Crippen LogP contribution in [0.25, 0.3) is 33.4 Å². The standard InChI is InChI=1S/C34H36N6O5/c1-38(2)22-8-11-25-29(18-22)45-30-19-23(39(3)4)9-12-26(30)31(25)27-17-21(7-10-24(27)34(43)44)32(41)36-13-14-37-33(42)28(35)20-40-15-5-6-16-40/h5-12,15-19,28H,13-14,20,35H2,1-4H3,(H2-,36,37,41,42,43,44)/p+1. The third-order valence-corrected chi connectivity index (χ3v) is 7.62. The van der Waals surface area contributed by atoms with Gasteiger partial charge < -0.3 is 35.4 Å². The maximum absolute atomic E-state index is 13.2. The summed E-state index contributed by atoms with van der Waals surface area (Å²) in [6.07, 6.45) is 3.66. The maximum atomic E-state index is 13.2. The largest absolute Gasteiger partial charge is 0.478 e. The fourth-order valence-corrected chi connectivity index (χ4v) is 5.19. The number of anilines is 1. The van der Waals surface area contributed by atoms with Gasteiger partial charge in [0.15, 0.2) is 0 Å². The molecule has 2 heterocycles. The molecular weight excluding hydrogens is 572 g/mol. The van der Waals surface area contributed by atoms with Crippen molar-refractivity contribution in [2.45, 2.75) is 12.6 Å². The first-order chi connectivity index (χ1) is 21.5. The van der Waals surface area contributed by atoms with Crippen LogP contribution >= 0.6 is 0 Å². The minimum absolute atomic E-state index is 0.0534. The van der Waals surface area contributed by atoms with E-state index in [-0.39, 0.29) is 30.1 Å². The highest BCUT2D eigenvalue weighted by molar-refractivity contribution is 6.09. The van der Waals surface area contributed by atoms with Gasteiger partial charge >= 0.3 is 5.97 Å². The Hall–Kier alpha value is -5.42. The summed E-state index contributed by atoms with van der Waals surface area (Å²) in [6, 6.07) is 19.0. The summed E-state index contributed by atoms with van der Waals surface area (Å²) in [6.45, 7) is 0.683. The van der Waals surface area contributed by atoms with Crippen molar-refractivity contribution in [3.63, 3.8) is 0 Å². The first-order valence-electron chi connectivity index (χ1n) is 14.5. The number of carbonyl (C=O) groups excluding carboxylic acids is 2. The van der Waals surface area contributed by atoms with E-state index in [1.54, 1.807) is 6.07 Å². The van der Waals surface area contributed by atoms with Crippen LogP contribution in [0, 0.1) is 0 Å². The molecule has 2 amide bonds. The van der Waals surface area contributed by atoms with Gasteiger partial charge in [-0.05, 0) is 54.1 Å². The molecule has 45 heavy (non-hydrogen) atoms. The molecule has 1 aromatic heterocycles. The number of nitrogens with one attached hydrogen (secondary N) is 2. The van der Waals surface area contributed by atoms with E-state index in [0.717, 1.165) is 11.0 Å². The van der Waals surface area contributed by atoms with E-state index >= 15 is 0 Å². The first kappa shape index (κ1) is 31.0. The van der Waals surface area contributed by atoms with E-state index < -0.39 is 17.9 Å². The van der Waals surface area contributed by atoms with Gasteiger partial charge in [0.25, 0.3) is 5.91 Å². The highest BCUT2D eigenvalue weighted by Gasteiger charge is 2.24. The second-order valence-corrected chi connectivity index (χ2v) is 11.2. The fraction of sp³-hybridized carbons (Fsp3) is 0.235. The number of nitrogens with two attached hydrogens (primary N) is 1. The minimum atomic E-state index is -1.12. The van der Waals surface area contributed by atoms with E-state index in [9.17, 15) is 19.5 Å². The molecule has 0 bridgehead atoms. The molecule has 5 rings (SSSR count). The Morgan fingerprint density at radius 1 is 0.956 bits per heavy atom. The molecule has 0 radical (unpaired) electrons. The summed E-state index contributed by atoms with van der Waals surface area (Å²) in [5.41, 5.74) is 9.58. The Morgan fingerprint density at radius 2 is 1.69 bits per heavy atom. The molecule has 0 spiro atoms. The quantitative estimate of drug-likeness (QED) is 0.108. The van der Waals surface area contributed by atoms with Crippen LogP contribution in [0.1, 0.15) is 20.7 Å². The van der Waals surface area contributed by atoms with Crippen molar-refractivity contribution in [1.29, 1.82) is 0 Å². The van der Waals surface area contributed by atoms with Gasteiger partial charge in [-0.25, -0.2) is 9.37 Å². The third kappa shape index (κ3) is 6.73. The summed E-state index contributed by atoms with van der Waals surface area (Å²) in [5, 5.41) is 17.4. The number of carboxylic acid groups (broad SMARTS) is 1. The Labute approximate surface area is 260 Å². The first-order valence-corrected chi connectivity index (χ1v) is 14.5. The summed E-state index contributed by atoms with van der Waals surface area (Å²) >= 11 is 0. The molecule has 2 aromatic carbocycles. The number of hydrogen-bond donors (Lipinski definition) is 4. The van der Waals surface area contributed by atoms with E-state index in [2.05, 4.69) is 10.6 Å². The Morgan fingerprint density at radius 3 is 2.38 bits per heavy atom. The smallest absolute Gasteiger partial charge is 0.336 e. The Balaban J connectivity index is 1.47. The van der Waals surface area contributed by atoms with Gasteiger partial charge in [0.1, 0.15) is 31.5 Å². The number of fused-ring (bicyclic) bond motifs is 2. The molecule has 232 valence electrons. The molecule has 2 aliphatic rings. The molecule has 3 aromatic rings. The van der Waals surface area contributed by atoms with Crippen molar-refractivity contribution in [3.8, 4) is 22.5 Å². The Kier molecular flexibility index (Phi) is 9.01. The molecule has 11 nitrogen and oxygen atoms in total. The summed E-state index contributed by atoms with van der Waals surface area (Å²) in [5.74, 6) is -1.27. The second kappa shape index (κ2) is 13.1. The normalized spacial score (nSPS) is 11.8. The minimum Gasteiger partial charge on any atom is -0.478 e. The fourth-order valence-electron chi connectivity index (χ4n) is 5.19. The average molecular weight is 610 g/mol. The molecule has 1 atom stereocenters. The van der Waals surface area contributed by atoms with Crippen LogP contribution in [0.4, 0.5) is 5.69 Å². The van der Waals surface area contributed by atoms with Crippen LogP contribution in [0.15, 0.2) is 83.5 Å². The lowest BCUT2D eigenvalue weighted by Gasteiger charge is -2.19. The predicted octanol–water partition coefficient (Wildman–Crippen LogP) is 2.68. The molecule has 1 aliphatic heterocycles. The number of carbonyl (C=O) groups is 3. The van der Waals surface area contributed by atoms with Gasteiger partial charge in [0, 0.05) is 86.0 Å². The van der Waals surface area contributed by atoms with Crippen LogP contribution in [0.3, 0.4) is 0 Å². The lowest BCUT2D eigenvalue weighted by molar-refractivity contribution is -0.122. The van der Waals surface area contributed by atoms with Crippen LogP contribution in [0.5, 0.6) is 0 Å². The van der Waals surface area contributed by atoms with Gasteiger partial charge in [-0.2, -0.15) is 0 Å². The zero-order valence-corrected chi connectivity index (χ0v) is 25.7. The van der Waals surface area contributed by atoms with Gasteiger partial charge in [-0.15, -0.1) is 0 Å². The predicted molar refractivity (Wildman–Crippen MR) is 174 cm³/mol. The number of aromatic nitrogens is 1. The SMILES string of the molecule is CN(C)c1ccc2c(-c3cc(C(=O)NCCNC(=O)C(N)Cn4cccc4)ccc3C(=O)O)c3ccc(=[N+](C)C)cc-3oc2c1. The van der Waals surface area contributed by atoms with Crippen molar-refractivity contribution in [2.75, 3.05) is 46.2 Å². The topological polar surface area (TPSA) is 146 Å². The number of rotatable bonds is 10. The van der Waals surface area contributed by atoms with E-state index in [4.69, 9.17) is 10.2 Å². The second-order valence-electron chi connectivity index (χ2n) is 11.2. The number of hydrogen-bond acceptors (Lipinski definition) is 6. The van der Waals surface area contributed by atoms with E-state index in [0.29, 0.717) is 40.0 Å². The average Bonchev–Trinajstić information content (AvgIpc) is 3.53. The summed E-state index contributed by atoms with van der Waals surface area (Å²) < 4.78 is 10.2. The highest BCUT2D eigenvalue weighted by Crippen LogP contribution is 2.42. The van der Waals surface area contributed by atoms with Crippen molar-refractivity contribution in [1.82, 2.24) is 19.8 Å². The van der Waals surface area contributed by atoms with Gasteiger partial charge in [-0.1, -0.05) is 0 Å². The number of nitrogens with zero attached hydrogens (tertiary/aromatic N) is 3. The maximum Gasteiger partial charge on any atom is 0.336 e. The number of benzene rings is 3. The number of carboxylic acids is 1. The molecule has 0 saturated heterocycles. The van der Waals surface area contributed by atoms with Gasteiger partial charge in [0.05, 0.1) is 11.6 Å². The lowest BCUT2D eigenvalue weighted by atomic mass is 9.89. The molecule has 0 fully saturated rings. The monoisotopic (exact) mass is 609 g/mol. The van der Waals surface area contributed by atoms with Crippen LogP contribution in [-0.2, 0) is 11.3 Å². The summed E-state index contributed by atoms with van der Waals surface area (Å²) in [7, 11) is 7.73. The molecular formula is C34H37N6O5+. The summed E-state index contributed by atoms with van der Waals surface area (Å²) in [4.78, 5) is 40.1. The highest BCUT2D eigenvalue weighted by atomic mass is 16.4. The zero-order chi connectivity index (χ0) is 32.2. The van der Waals surface area contributed by atoms with Crippen LogP contribution < -0.4 is 31.2 Å². The molecule has 0 saturated carbocycles. The van der Waals surface area contributed by atoms with Gasteiger partial charge in [-0.3, -0.25) is 9.59 Å². The van der Waals surface area contributed by atoms with Crippen molar-refractivity contribution in [2.24, 2.45) is 5.73 Å². The molecule has 1 unspecified atom stereocenters. The number of aromatic carboxylic acids is 1. The number of amides is 2. The Bertz CT molecular complexity index is 1920.